The summed E-state index contributed by atoms with van der Waals surface area (Å²) >= 11 is 0. The van der Waals surface area contributed by atoms with Crippen LogP contribution in [0.25, 0.3) is 0 Å². The fourth-order valence-electron chi connectivity index (χ4n) is 9.45. The standard InChI is InChI=1S/C29H38O8/c1-27-12-10-18(36-23(32)9-8-21(30)34-3)14-17(27)5-6-20-19(27)11-13-28(2)24(16-4-7-22(31)35-15-16)25(33)26-29(20,28)37-26/h4,7,15,17-20,24-26,33H,5-6,8-14H2,1-3H3. The van der Waals surface area contributed by atoms with E-state index in [9.17, 15) is 19.5 Å². The van der Waals surface area contributed by atoms with E-state index in [2.05, 4.69) is 18.6 Å². The molecule has 5 aliphatic rings. The third kappa shape index (κ3) is 3.58. The van der Waals surface area contributed by atoms with E-state index in [0.29, 0.717) is 17.8 Å². The highest BCUT2D eigenvalue weighted by Crippen LogP contribution is 2.77. The number of ether oxygens (including phenoxy) is 3. The predicted octanol–water partition coefficient (Wildman–Crippen LogP) is 3.73. The molecule has 1 aromatic rings. The lowest BCUT2D eigenvalue weighted by Gasteiger charge is -2.61. The third-order valence-electron chi connectivity index (χ3n) is 11.2. The van der Waals surface area contributed by atoms with Gasteiger partial charge in [-0.25, -0.2) is 4.79 Å². The van der Waals surface area contributed by atoms with Crippen LogP contribution in [-0.2, 0) is 23.8 Å². The maximum absolute atomic E-state index is 12.3. The Morgan fingerprint density at radius 2 is 1.84 bits per heavy atom. The van der Waals surface area contributed by atoms with E-state index in [4.69, 9.17) is 13.9 Å². The van der Waals surface area contributed by atoms with Crippen molar-refractivity contribution in [3.05, 3.63) is 34.4 Å². The molecule has 8 nitrogen and oxygen atoms in total. The minimum Gasteiger partial charge on any atom is -0.469 e. The molecule has 1 spiro atoms. The number of epoxide rings is 1. The van der Waals surface area contributed by atoms with Gasteiger partial charge in [0.15, 0.2) is 0 Å². The summed E-state index contributed by atoms with van der Waals surface area (Å²) in [5, 5.41) is 11.4. The van der Waals surface area contributed by atoms with Crippen molar-refractivity contribution < 1.29 is 33.3 Å². The first-order chi connectivity index (χ1) is 17.6. The fourth-order valence-corrected chi connectivity index (χ4v) is 9.45. The monoisotopic (exact) mass is 514 g/mol. The Morgan fingerprint density at radius 3 is 2.57 bits per heavy atom. The molecular weight excluding hydrogens is 476 g/mol. The molecule has 0 bridgehead atoms. The molecule has 8 heteroatoms. The Bertz CT molecular complexity index is 1120. The topological polar surface area (TPSA) is 116 Å². The number of aliphatic hydroxyl groups is 1. The van der Waals surface area contributed by atoms with E-state index in [1.807, 2.05) is 6.07 Å². The number of hydrogen-bond acceptors (Lipinski definition) is 8. The Labute approximate surface area is 217 Å². The molecule has 2 heterocycles. The van der Waals surface area contributed by atoms with Gasteiger partial charge in [-0.05, 0) is 79.7 Å². The normalized spacial score (nSPS) is 45.6. The Balaban J connectivity index is 1.18. The number of esters is 2. The zero-order valence-corrected chi connectivity index (χ0v) is 21.9. The van der Waals surface area contributed by atoms with Crippen LogP contribution in [0, 0.1) is 28.6 Å². The zero-order chi connectivity index (χ0) is 26.2. The maximum atomic E-state index is 12.3. The molecule has 0 radical (unpaired) electrons. The van der Waals surface area contributed by atoms with Crippen LogP contribution in [0.2, 0.25) is 0 Å². The summed E-state index contributed by atoms with van der Waals surface area (Å²) < 4.78 is 22.1. The second kappa shape index (κ2) is 8.67. The lowest BCUT2D eigenvalue weighted by atomic mass is 9.44. The summed E-state index contributed by atoms with van der Waals surface area (Å²) in [6.07, 6.45) is 7.61. The molecule has 5 fully saturated rings. The summed E-state index contributed by atoms with van der Waals surface area (Å²) in [4.78, 5) is 35.2. The third-order valence-corrected chi connectivity index (χ3v) is 11.2. The minimum atomic E-state index is -0.609. The van der Waals surface area contributed by atoms with Gasteiger partial charge in [-0.1, -0.05) is 13.8 Å². The van der Waals surface area contributed by atoms with Crippen LogP contribution < -0.4 is 5.63 Å². The molecule has 1 saturated heterocycles. The van der Waals surface area contributed by atoms with Crippen molar-refractivity contribution in [3.63, 3.8) is 0 Å². The van der Waals surface area contributed by atoms with Crippen LogP contribution in [0.5, 0.6) is 0 Å². The largest absolute Gasteiger partial charge is 0.469 e. The first kappa shape index (κ1) is 25.1. The van der Waals surface area contributed by atoms with Crippen molar-refractivity contribution in [2.45, 2.75) is 101 Å². The molecule has 1 N–H and O–H groups in total. The van der Waals surface area contributed by atoms with Gasteiger partial charge >= 0.3 is 17.6 Å². The average molecular weight is 515 g/mol. The van der Waals surface area contributed by atoms with Gasteiger partial charge in [-0.3, -0.25) is 9.59 Å². The number of rotatable bonds is 5. The molecular formula is C29H38O8. The number of methoxy groups -OCH3 is 1. The first-order valence-corrected chi connectivity index (χ1v) is 13.8. The van der Waals surface area contributed by atoms with Crippen LogP contribution >= 0.6 is 0 Å². The average Bonchev–Trinajstić information content (AvgIpc) is 3.59. The van der Waals surface area contributed by atoms with Gasteiger partial charge in [0.2, 0.25) is 0 Å². The van der Waals surface area contributed by atoms with Gasteiger partial charge in [0.1, 0.15) is 17.8 Å². The van der Waals surface area contributed by atoms with E-state index in [0.717, 1.165) is 50.5 Å². The summed E-state index contributed by atoms with van der Waals surface area (Å²) in [6, 6.07) is 3.25. The highest BCUT2D eigenvalue weighted by molar-refractivity contribution is 5.77. The number of hydrogen-bond donors (Lipinski definition) is 1. The lowest BCUT2D eigenvalue weighted by molar-refractivity contribution is -0.166. The number of fused-ring (bicyclic) bond motifs is 3. The van der Waals surface area contributed by atoms with Crippen molar-refractivity contribution in [1.29, 1.82) is 0 Å². The maximum Gasteiger partial charge on any atom is 0.335 e. The highest BCUT2D eigenvalue weighted by atomic mass is 16.6. The van der Waals surface area contributed by atoms with Crippen LogP contribution in [0.15, 0.2) is 27.6 Å². The molecule has 4 saturated carbocycles. The Hall–Kier alpha value is -2.19. The molecule has 6 rings (SSSR count). The van der Waals surface area contributed by atoms with Gasteiger partial charge < -0.3 is 23.7 Å². The van der Waals surface area contributed by atoms with Gasteiger partial charge in [-0.2, -0.15) is 0 Å². The van der Waals surface area contributed by atoms with Crippen molar-refractivity contribution in [1.82, 2.24) is 0 Å². The van der Waals surface area contributed by atoms with Crippen molar-refractivity contribution in [2.24, 2.45) is 28.6 Å². The minimum absolute atomic E-state index is 0.0525. The van der Waals surface area contributed by atoms with Crippen molar-refractivity contribution in [3.8, 4) is 0 Å². The second-order valence-corrected chi connectivity index (χ2v) is 12.6. The first-order valence-electron chi connectivity index (χ1n) is 13.8. The molecule has 1 aliphatic heterocycles. The van der Waals surface area contributed by atoms with Crippen molar-refractivity contribution in [2.75, 3.05) is 7.11 Å². The van der Waals surface area contributed by atoms with Gasteiger partial charge in [0, 0.05) is 17.4 Å². The van der Waals surface area contributed by atoms with Crippen LogP contribution in [-0.4, -0.2) is 48.1 Å². The smallest absolute Gasteiger partial charge is 0.335 e. The van der Waals surface area contributed by atoms with E-state index >= 15 is 0 Å². The molecule has 10 atom stereocenters. The molecule has 0 aromatic carbocycles. The number of carbonyl (C=O) groups excluding carboxylic acids is 2. The molecule has 37 heavy (non-hydrogen) atoms. The number of aliphatic hydroxyl groups excluding tert-OH is 1. The number of carbonyl (C=O) groups is 2. The molecule has 0 amide bonds. The van der Waals surface area contributed by atoms with E-state index in [1.54, 1.807) is 0 Å². The van der Waals surface area contributed by atoms with Gasteiger partial charge in [0.25, 0.3) is 0 Å². The molecule has 1 aromatic heterocycles. The van der Waals surface area contributed by atoms with Crippen molar-refractivity contribution >= 4 is 11.9 Å². The van der Waals surface area contributed by atoms with Gasteiger partial charge in [-0.15, -0.1) is 0 Å². The molecule has 202 valence electrons. The Morgan fingerprint density at radius 1 is 1.05 bits per heavy atom. The lowest BCUT2D eigenvalue weighted by Crippen LogP contribution is -2.58. The summed E-state index contributed by atoms with van der Waals surface area (Å²) in [7, 11) is 1.32. The predicted molar refractivity (Wildman–Crippen MR) is 131 cm³/mol. The Kier molecular flexibility index (Phi) is 5.88. The quantitative estimate of drug-likeness (QED) is 0.467. The fraction of sp³-hybridized carbons (Fsp3) is 0.759. The summed E-state index contributed by atoms with van der Waals surface area (Å²) in [5.74, 6) is 0.530. The van der Waals surface area contributed by atoms with E-state index in [-0.39, 0.29) is 59.0 Å². The van der Waals surface area contributed by atoms with Gasteiger partial charge in [0.05, 0.1) is 32.3 Å². The van der Waals surface area contributed by atoms with Crippen LogP contribution in [0.3, 0.4) is 0 Å². The molecule has 4 aliphatic carbocycles. The zero-order valence-electron chi connectivity index (χ0n) is 21.9. The second-order valence-electron chi connectivity index (χ2n) is 12.6. The SMILES string of the molecule is COC(=O)CCC(=O)OC1CCC2(C)C(CCC3C2CCC2(C)C(c4ccc(=O)oc4)C(O)C4OC342)C1. The van der Waals surface area contributed by atoms with Crippen LogP contribution in [0.4, 0.5) is 0 Å². The summed E-state index contributed by atoms with van der Waals surface area (Å²) in [5.41, 5.74) is 0.108. The summed E-state index contributed by atoms with van der Waals surface area (Å²) in [6.45, 7) is 4.70. The van der Waals surface area contributed by atoms with E-state index < -0.39 is 12.1 Å². The van der Waals surface area contributed by atoms with Crippen LogP contribution in [0.1, 0.15) is 83.1 Å². The molecule has 10 unspecified atom stereocenters. The van der Waals surface area contributed by atoms with E-state index in [1.165, 1.54) is 19.4 Å². The highest BCUT2D eigenvalue weighted by Gasteiger charge is 2.83.